The molecule has 2 N–H and O–H groups in total. The van der Waals surface area contributed by atoms with E-state index in [9.17, 15) is 9.59 Å². The van der Waals surface area contributed by atoms with Gasteiger partial charge in [0.05, 0.1) is 12.1 Å². The monoisotopic (exact) mass is 277 g/mol. The molecule has 0 aromatic heterocycles. The van der Waals surface area contributed by atoms with E-state index < -0.39 is 17.0 Å². The van der Waals surface area contributed by atoms with Gasteiger partial charge in [-0.15, -0.1) is 0 Å². The Morgan fingerprint density at radius 3 is 2.65 bits per heavy atom. The summed E-state index contributed by atoms with van der Waals surface area (Å²) in [4.78, 5) is 22.8. The first-order valence-electron chi connectivity index (χ1n) is 6.49. The van der Waals surface area contributed by atoms with Crippen molar-refractivity contribution in [1.29, 1.82) is 0 Å². The van der Waals surface area contributed by atoms with E-state index in [0.29, 0.717) is 11.4 Å². The highest BCUT2D eigenvalue weighted by Crippen LogP contribution is 2.37. The van der Waals surface area contributed by atoms with Crippen molar-refractivity contribution in [2.45, 2.75) is 45.1 Å². The molecule has 1 aromatic rings. The molecule has 2 rings (SSSR count). The Bertz CT molecular complexity index is 575. The predicted molar refractivity (Wildman–Crippen MR) is 75.1 cm³/mol. The number of ether oxygens (including phenoxy) is 1. The minimum Gasteiger partial charge on any atom is -0.481 e. The van der Waals surface area contributed by atoms with Crippen LogP contribution >= 0.6 is 0 Å². The SMILES string of the molecule is CC1(C)Oc2ccc(C(C)(C)CC(=O)O)cc2NC1=O. The fourth-order valence-electron chi connectivity index (χ4n) is 2.21. The normalized spacial score (nSPS) is 16.9. The lowest BCUT2D eigenvalue weighted by atomic mass is 9.81. The quantitative estimate of drug-likeness (QED) is 0.890. The molecule has 5 heteroatoms. The maximum atomic E-state index is 11.9. The van der Waals surface area contributed by atoms with Gasteiger partial charge in [0, 0.05) is 5.41 Å². The summed E-state index contributed by atoms with van der Waals surface area (Å²) in [6, 6.07) is 5.40. The van der Waals surface area contributed by atoms with Gasteiger partial charge in [0.15, 0.2) is 5.60 Å². The fraction of sp³-hybridized carbons (Fsp3) is 0.467. The first-order valence-corrected chi connectivity index (χ1v) is 6.49. The van der Waals surface area contributed by atoms with E-state index in [-0.39, 0.29) is 12.3 Å². The van der Waals surface area contributed by atoms with Crippen LogP contribution in [-0.2, 0) is 15.0 Å². The first kappa shape index (κ1) is 14.4. The topological polar surface area (TPSA) is 75.6 Å². The Labute approximate surface area is 117 Å². The van der Waals surface area contributed by atoms with Crippen LogP contribution in [0.15, 0.2) is 18.2 Å². The molecule has 0 saturated carbocycles. The molecule has 108 valence electrons. The number of aliphatic carboxylic acids is 1. The number of benzene rings is 1. The molecule has 0 radical (unpaired) electrons. The molecule has 5 nitrogen and oxygen atoms in total. The molecule has 1 heterocycles. The first-order chi connectivity index (χ1) is 9.12. The van der Waals surface area contributed by atoms with Crippen LogP contribution in [0.5, 0.6) is 5.75 Å². The van der Waals surface area contributed by atoms with E-state index in [2.05, 4.69) is 5.32 Å². The molecule has 0 bridgehead atoms. The summed E-state index contributed by atoms with van der Waals surface area (Å²) in [7, 11) is 0. The third kappa shape index (κ3) is 2.61. The molecule has 20 heavy (non-hydrogen) atoms. The van der Waals surface area contributed by atoms with Crippen LogP contribution in [0.4, 0.5) is 5.69 Å². The molecule has 0 saturated heterocycles. The van der Waals surface area contributed by atoms with Gasteiger partial charge < -0.3 is 15.2 Å². The maximum absolute atomic E-state index is 11.9. The van der Waals surface area contributed by atoms with Crippen LogP contribution in [0.25, 0.3) is 0 Å². The summed E-state index contributed by atoms with van der Waals surface area (Å²) in [5.74, 6) is -0.461. The summed E-state index contributed by atoms with van der Waals surface area (Å²) in [6.07, 6.45) is 0.0199. The number of hydrogen-bond acceptors (Lipinski definition) is 3. The second kappa shape index (κ2) is 4.51. The Hall–Kier alpha value is -2.04. The van der Waals surface area contributed by atoms with Crippen molar-refractivity contribution in [1.82, 2.24) is 0 Å². The minimum absolute atomic E-state index is 0.0199. The average Bonchev–Trinajstić information content (AvgIpc) is 2.27. The summed E-state index contributed by atoms with van der Waals surface area (Å²) in [5.41, 5.74) is 0.0245. The van der Waals surface area contributed by atoms with Crippen LogP contribution < -0.4 is 10.1 Å². The lowest BCUT2D eigenvalue weighted by molar-refractivity contribution is -0.138. The number of carboxylic acid groups (broad SMARTS) is 1. The number of fused-ring (bicyclic) bond motifs is 1. The molecule has 0 aliphatic carbocycles. The maximum Gasteiger partial charge on any atom is 0.304 e. The van der Waals surface area contributed by atoms with Crippen LogP contribution in [0.1, 0.15) is 39.7 Å². The number of nitrogens with one attached hydrogen (secondary N) is 1. The average molecular weight is 277 g/mol. The number of hydrogen-bond donors (Lipinski definition) is 2. The lowest BCUT2D eigenvalue weighted by Gasteiger charge is -2.33. The van der Waals surface area contributed by atoms with Gasteiger partial charge in [-0.3, -0.25) is 9.59 Å². The lowest BCUT2D eigenvalue weighted by Crippen LogP contribution is -2.45. The van der Waals surface area contributed by atoms with Gasteiger partial charge in [-0.2, -0.15) is 0 Å². The van der Waals surface area contributed by atoms with Crippen LogP contribution in [0.2, 0.25) is 0 Å². The number of rotatable bonds is 3. The van der Waals surface area contributed by atoms with Gasteiger partial charge in [-0.25, -0.2) is 0 Å². The minimum atomic E-state index is -0.898. The van der Waals surface area contributed by atoms with Crippen LogP contribution in [0, 0.1) is 0 Å². The number of carbonyl (C=O) groups is 2. The van der Waals surface area contributed by atoms with E-state index in [4.69, 9.17) is 9.84 Å². The van der Waals surface area contributed by atoms with Crippen molar-refractivity contribution in [3.63, 3.8) is 0 Å². The van der Waals surface area contributed by atoms with E-state index in [0.717, 1.165) is 5.56 Å². The zero-order valence-electron chi connectivity index (χ0n) is 12.1. The Morgan fingerprint density at radius 1 is 1.40 bits per heavy atom. The largest absolute Gasteiger partial charge is 0.481 e. The summed E-state index contributed by atoms with van der Waals surface area (Å²) in [6.45, 7) is 7.12. The molecular weight excluding hydrogens is 258 g/mol. The summed E-state index contributed by atoms with van der Waals surface area (Å²) < 4.78 is 5.65. The molecule has 1 aliphatic rings. The second-order valence-corrected chi connectivity index (χ2v) is 6.23. The molecule has 0 spiro atoms. The number of amides is 1. The smallest absolute Gasteiger partial charge is 0.304 e. The Kier molecular flexibility index (Phi) is 3.24. The second-order valence-electron chi connectivity index (χ2n) is 6.23. The molecule has 0 unspecified atom stereocenters. The van der Waals surface area contributed by atoms with Crippen LogP contribution in [-0.4, -0.2) is 22.6 Å². The fourth-order valence-corrected chi connectivity index (χ4v) is 2.21. The summed E-state index contributed by atoms with van der Waals surface area (Å²) in [5, 5.41) is 11.8. The van der Waals surface area contributed by atoms with Gasteiger partial charge in [-0.05, 0) is 31.5 Å². The number of carboxylic acids is 1. The van der Waals surface area contributed by atoms with Gasteiger partial charge in [0.25, 0.3) is 5.91 Å². The zero-order chi connectivity index (χ0) is 15.1. The number of anilines is 1. The molecule has 1 aromatic carbocycles. The van der Waals surface area contributed by atoms with Gasteiger partial charge in [0.1, 0.15) is 5.75 Å². The zero-order valence-corrected chi connectivity index (χ0v) is 12.1. The van der Waals surface area contributed by atoms with Crippen LogP contribution in [0.3, 0.4) is 0 Å². The molecule has 1 aliphatic heterocycles. The van der Waals surface area contributed by atoms with E-state index in [1.165, 1.54) is 0 Å². The van der Waals surface area contributed by atoms with Crippen molar-refractivity contribution in [2.24, 2.45) is 0 Å². The van der Waals surface area contributed by atoms with Crippen molar-refractivity contribution in [3.05, 3.63) is 23.8 Å². The van der Waals surface area contributed by atoms with Crippen molar-refractivity contribution < 1.29 is 19.4 Å². The molecule has 1 amide bonds. The third-order valence-corrected chi connectivity index (χ3v) is 3.51. The highest BCUT2D eigenvalue weighted by molar-refractivity contribution is 6.00. The molecular formula is C15H19NO4. The van der Waals surface area contributed by atoms with E-state index in [1.807, 2.05) is 19.9 Å². The molecule has 0 fully saturated rings. The van der Waals surface area contributed by atoms with Gasteiger partial charge in [0.2, 0.25) is 0 Å². The highest BCUT2D eigenvalue weighted by Gasteiger charge is 2.36. The number of carbonyl (C=O) groups excluding carboxylic acids is 1. The van der Waals surface area contributed by atoms with E-state index in [1.54, 1.807) is 26.0 Å². The standard InChI is InChI=1S/C15H19NO4/c1-14(2,8-12(17)18)9-5-6-11-10(7-9)16-13(19)15(3,4)20-11/h5-7H,8H2,1-4H3,(H,16,19)(H,17,18). The summed E-state index contributed by atoms with van der Waals surface area (Å²) >= 11 is 0. The predicted octanol–water partition coefficient (Wildman–Crippen LogP) is 2.55. The molecule has 0 atom stereocenters. The van der Waals surface area contributed by atoms with Gasteiger partial charge >= 0.3 is 5.97 Å². The van der Waals surface area contributed by atoms with E-state index >= 15 is 0 Å². The van der Waals surface area contributed by atoms with Crippen molar-refractivity contribution in [3.8, 4) is 5.75 Å². The Morgan fingerprint density at radius 2 is 2.05 bits per heavy atom. The Balaban J connectivity index is 2.36. The van der Waals surface area contributed by atoms with Crippen molar-refractivity contribution in [2.75, 3.05) is 5.32 Å². The van der Waals surface area contributed by atoms with Gasteiger partial charge in [-0.1, -0.05) is 19.9 Å². The van der Waals surface area contributed by atoms with Crippen molar-refractivity contribution >= 4 is 17.6 Å². The highest BCUT2D eigenvalue weighted by atomic mass is 16.5. The third-order valence-electron chi connectivity index (χ3n) is 3.51.